The van der Waals surface area contributed by atoms with Gasteiger partial charge in [0, 0.05) is 48.1 Å². The van der Waals surface area contributed by atoms with Gasteiger partial charge in [0.1, 0.15) is 34.9 Å². The smallest absolute Gasteiger partial charge is 0.535 e. The van der Waals surface area contributed by atoms with Crippen molar-refractivity contribution in [2.24, 2.45) is 34.0 Å². The average Bonchev–Trinajstić information content (AvgIpc) is 4.36. The number of aromatic nitrogens is 2. The summed E-state index contributed by atoms with van der Waals surface area (Å²) in [5.74, 6) is 0.842. The van der Waals surface area contributed by atoms with Crippen LogP contribution in [0.4, 0.5) is 8.78 Å². The molecule has 4 aliphatic heterocycles. The molecule has 2 aromatic heterocycles. The van der Waals surface area contributed by atoms with Gasteiger partial charge in [-0.3, -0.25) is 9.59 Å². The van der Waals surface area contributed by atoms with Gasteiger partial charge in [-0.15, -0.1) is 0 Å². The third kappa shape index (κ3) is 12.9. The first-order valence-electron chi connectivity index (χ1n) is 26.6. The third-order valence-corrected chi connectivity index (χ3v) is 15.6. The van der Waals surface area contributed by atoms with E-state index in [0.29, 0.717) is 62.5 Å². The molecule has 0 aliphatic carbocycles. The molecule has 2 fully saturated rings. The molecule has 6 heterocycles. The molecule has 10 rings (SSSR count). The lowest BCUT2D eigenvalue weighted by Crippen LogP contribution is -2.44. The van der Waals surface area contributed by atoms with Crippen LogP contribution in [0, 0.1) is 49.2 Å². The highest BCUT2D eigenvalue weighted by Gasteiger charge is 2.48. The molecular formula is C60H69BBrF2N6O8. The van der Waals surface area contributed by atoms with E-state index in [1.807, 2.05) is 99.0 Å². The standard InChI is InChI=1S/C30H34FN3O3.C24H30BrN3O3.C6H5BFO2/c1-18(2)28(27-15-20(4)32-36-27)29(35)34-17-19(3)14-26(34)25-16-30(5,37-33-25)22-12-10-21(11-13-22)23-8-6-7-9-24(23)31;1-14(2)22(21-11-16(4)26-30-21)23(29)28-13-15(3)10-20(28)19-12-24(5,31-27-19)17-6-8-18(25)9-7-17;8-5-3-1-2-4-6(5)10-7-9/h6-13,15,18-19,26,28H,14,16-17H2,1-5H3;6-9,11,14-15,20,22H,10,12-13H2,1-5H3;1-4,9H/t19-,26+,28?,30?;15-,20+,22?,24?;/m11./s1. The van der Waals surface area contributed by atoms with E-state index in [9.17, 15) is 18.4 Å². The molecule has 14 nitrogen and oxygen atoms in total. The van der Waals surface area contributed by atoms with Gasteiger partial charge in [0.2, 0.25) is 11.8 Å². The quantitative estimate of drug-likeness (QED) is 0.110. The van der Waals surface area contributed by atoms with Crippen molar-refractivity contribution in [3.8, 4) is 16.9 Å². The number of aryl methyl sites for hydroxylation is 2. The van der Waals surface area contributed by atoms with Gasteiger partial charge in [-0.1, -0.05) is 145 Å². The van der Waals surface area contributed by atoms with Crippen LogP contribution in [-0.4, -0.2) is 81.2 Å². The largest absolute Gasteiger partial charge is 0.569 e. The van der Waals surface area contributed by atoms with E-state index >= 15 is 0 Å². The number of amides is 2. The lowest BCUT2D eigenvalue weighted by Gasteiger charge is -2.30. The molecule has 0 bridgehead atoms. The van der Waals surface area contributed by atoms with Crippen molar-refractivity contribution in [3.63, 3.8) is 0 Å². The SMILES string of the molecule is Cc1cc(C(C(=O)N2C[C@H](C)C[C@H]2C2=NOC(C)(c3ccc(-c4ccccc4F)cc3)C2)C(C)C)on1.Cc1cc(C(C(=O)N2C[C@H](C)C[C@H]2C2=NOC(C)(c3ccc(Br)cc3)C2)C(C)C)on1.O[B]Oc1ccccc1F. The Kier molecular flexibility index (Phi) is 18.1. The highest BCUT2D eigenvalue weighted by molar-refractivity contribution is 9.10. The van der Waals surface area contributed by atoms with Gasteiger partial charge < -0.3 is 38.2 Å². The van der Waals surface area contributed by atoms with Gasteiger partial charge in [0.25, 0.3) is 0 Å². The van der Waals surface area contributed by atoms with E-state index in [1.165, 1.54) is 18.2 Å². The van der Waals surface area contributed by atoms with Gasteiger partial charge in [-0.25, -0.2) is 8.78 Å². The predicted molar refractivity (Wildman–Crippen MR) is 298 cm³/mol. The van der Waals surface area contributed by atoms with Crippen LogP contribution >= 0.6 is 15.9 Å². The molecule has 1 N–H and O–H groups in total. The zero-order chi connectivity index (χ0) is 56.1. The van der Waals surface area contributed by atoms with Crippen molar-refractivity contribution in [2.75, 3.05) is 13.1 Å². The zero-order valence-corrected chi connectivity index (χ0v) is 47.5. The molecule has 2 amide bonds. The number of oxime groups is 2. The summed E-state index contributed by atoms with van der Waals surface area (Å²) in [6.07, 6.45) is 2.99. The number of halogens is 3. The van der Waals surface area contributed by atoms with Gasteiger partial charge in [0.05, 0.1) is 34.9 Å². The summed E-state index contributed by atoms with van der Waals surface area (Å²) in [7, 11) is 0.443. The van der Waals surface area contributed by atoms with Gasteiger partial charge in [-0.05, 0) is 111 Å². The van der Waals surface area contributed by atoms with Crippen LogP contribution < -0.4 is 4.65 Å². The first kappa shape index (κ1) is 57.5. The Morgan fingerprint density at radius 2 is 1.12 bits per heavy atom. The normalized spacial score (nSPS) is 23.3. The van der Waals surface area contributed by atoms with E-state index in [2.05, 4.69) is 88.0 Å². The second-order valence-electron chi connectivity index (χ2n) is 22.3. The Bertz CT molecular complexity index is 3100. The number of likely N-dealkylation sites (tertiary alicyclic amines) is 2. The first-order valence-corrected chi connectivity index (χ1v) is 27.4. The van der Waals surface area contributed by atoms with Crippen LogP contribution in [0.25, 0.3) is 11.1 Å². The second-order valence-corrected chi connectivity index (χ2v) is 23.2. The molecule has 0 spiro atoms. The number of nitrogens with zero attached hydrogens (tertiary/aromatic N) is 6. The first-order chi connectivity index (χ1) is 37.2. The average molecular weight is 1130 g/mol. The Hall–Kier alpha value is -6.66. The summed E-state index contributed by atoms with van der Waals surface area (Å²) in [4.78, 5) is 43.5. The zero-order valence-electron chi connectivity index (χ0n) is 46.0. The summed E-state index contributed by atoms with van der Waals surface area (Å²) >= 11 is 3.49. The number of carbonyl (C=O) groups excluding carboxylic acids is 2. The number of carbonyl (C=O) groups is 2. The fraction of sp³-hybridized carbons (Fsp3) is 0.433. The molecule has 6 aromatic rings. The number of para-hydroxylation sites is 1. The summed E-state index contributed by atoms with van der Waals surface area (Å²) in [5.41, 5.74) is 5.65. The minimum Gasteiger partial charge on any atom is -0.535 e. The maximum atomic E-state index is 14.2. The summed E-state index contributed by atoms with van der Waals surface area (Å²) in [6, 6.07) is 32.1. The number of hydrogen-bond donors (Lipinski definition) is 1. The van der Waals surface area contributed by atoms with E-state index in [-0.39, 0.29) is 53.2 Å². The lowest BCUT2D eigenvalue weighted by molar-refractivity contribution is -0.135. The lowest BCUT2D eigenvalue weighted by atomic mass is 9.86. The summed E-state index contributed by atoms with van der Waals surface area (Å²) in [6.45, 7) is 21.7. The van der Waals surface area contributed by atoms with Crippen LogP contribution in [0.1, 0.15) is 127 Å². The molecule has 1 radical (unpaired) electrons. The molecule has 4 aliphatic rings. The Balaban J connectivity index is 0.000000177. The summed E-state index contributed by atoms with van der Waals surface area (Å²) < 4.78 is 43.2. The van der Waals surface area contributed by atoms with Crippen LogP contribution in [0.5, 0.6) is 5.75 Å². The van der Waals surface area contributed by atoms with Crippen LogP contribution in [0.15, 0.2) is 133 Å². The number of hydrogen-bond acceptors (Lipinski definition) is 12. The van der Waals surface area contributed by atoms with E-state index in [0.717, 1.165) is 56.8 Å². The van der Waals surface area contributed by atoms with Crippen molar-refractivity contribution in [3.05, 3.63) is 159 Å². The molecule has 0 saturated carbocycles. The van der Waals surface area contributed by atoms with Gasteiger partial charge in [-0.2, -0.15) is 0 Å². The molecule has 8 atom stereocenters. The minimum atomic E-state index is -0.650. The van der Waals surface area contributed by atoms with Crippen LogP contribution in [-0.2, 0) is 30.5 Å². The van der Waals surface area contributed by atoms with Crippen molar-refractivity contribution < 1.29 is 46.8 Å². The van der Waals surface area contributed by atoms with Crippen molar-refractivity contribution in [1.82, 2.24) is 20.1 Å². The van der Waals surface area contributed by atoms with Gasteiger partial charge >= 0.3 is 7.69 Å². The molecule has 2 saturated heterocycles. The van der Waals surface area contributed by atoms with Crippen molar-refractivity contribution in [2.45, 2.75) is 130 Å². The molecule has 4 unspecified atom stereocenters. The van der Waals surface area contributed by atoms with Crippen molar-refractivity contribution in [1.29, 1.82) is 0 Å². The Labute approximate surface area is 465 Å². The van der Waals surface area contributed by atoms with E-state index in [4.69, 9.17) is 23.7 Å². The monoisotopic (exact) mass is 1130 g/mol. The molecule has 18 heteroatoms. The third-order valence-electron chi connectivity index (χ3n) is 15.0. The fourth-order valence-corrected chi connectivity index (χ4v) is 11.3. The van der Waals surface area contributed by atoms with E-state index < -0.39 is 22.9 Å². The predicted octanol–water partition coefficient (Wildman–Crippen LogP) is 12.6. The van der Waals surface area contributed by atoms with Crippen LogP contribution in [0.2, 0.25) is 0 Å². The fourth-order valence-electron chi connectivity index (χ4n) is 11.0. The highest BCUT2D eigenvalue weighted by Crippen LogP contribution is 2.42. The molecule has 411 valence electrons. The molecular weight excluding hydrogens is 1060 g/mol. The highest BCUT2D eigenvalue weighted by atomic mass is 79.9. The van der Waals surface area contributed by atoms with Crippen LogP contribution in [0.3, 0.4) is 0 Å². The minimum absolute atomic E-state index is 0.0185. The topological polar surface area (TPSA) is 165 Å². The molecule has 4 aromatic carbocycles. The Morgan fingerprint density at radius 1 is 0.679 bits per heavy atom. The summed E-state index contributed by atoms with van der Waals surface area (Å²) in [5, 5.41) is 25.2. The number of rotatable bonds is 13. The maximum absolute atomic E-state index is 14.2. The maximum Gasteiger partial charge on any atom is 0.569 e. The van der Waals surface area contributed by atoms with Gasteiger partial charge in [0.15, 0.2) is 17.0 Å². The number of benzene rings is 4. The molecule has 78 heavy (non-hydrogen) atoms. The second kappa shape index (κ2) is 24.6. The van der Waals surface area contributed by atoms with E-state index in [1.54, 1.807) is 24.3 Å². The Morgan fingerprint density at radius 3 is 1.53 bits per heavy atom. The van der Waals surface area contributed by atoms with Crippen molar-refractivity contribution >= 4 is 46.9 Å².